The number of pyridine rings is 2. The van der Waals surface area contributed by atoms with Gasteiger partial charge in [0, 0.05) is 40.3 Å². The van der Waals surface area contributed by atoms with E-state index in [1.165, 1.54) is 35.4 Å². The van der Waals surface area contributed by atoms with Crippen LogP contribution in [0.1, 0.15) is 142 Å². The third-order valence-corrected chi connectivity index (χ3v) is 12.5. The highest BCUT2D eigenvalue weighted by atomic mass is 16.2. The molecule has 0 aromatic carbocycles. The monoisotopic (exact) mass is 884 g/mol. The van der Waals surface area contributed by atoms with Crippen LogP contribution in [0, 0.1) is 0 Å². The number of aryl methyl sites for hydroxylation is 2. The molecule has 0 saturated heterocycles. The molecule has 64 heavy (non-hydrogen) atoms. The molecule has 18 nitrogen and oxygen atoms in total. The van der Waals surface area contributed by atoms with Crippen LogP contribution in [0.25, 0.3) is 44.8 Å². The molecule has 0 unspecified atom stereocenters. The molecule has 2 aromatic rings. The molecule has 0 radical (unpaired) electrons. The average Bonchev–Trinajstić information content (AvgIpc) is 3.27. The quantitative estimate of drug-likeness (QED) is 0.0581. The second-order valence-corrected chi connectivity index (χ2v) is 17.2. The maximum absolute atomic E-state index is 13.8. The number of aromatic amines is 2. The Kier molecular flexibility index (Phi) is 16.4. The van der Waals surface area contributed by atoms with Crippen LogP contribution in [-0.4, -0.2) is 47.3 Å². The lowest BCUT2D eigenvalue weighted by Gasteiger charge is -2.18. The molecule has 0 bridgehead atoms. The number of hydrogen-bond donors (Lipinski definition) is 2. The van der Waals surface area contributed by atoms with Crippen molar-refractivity contribution in [2.24, 2.45) is 14.1 Å². The molecule has 0 aliphatic carbocycles. The minimum absolute atomic E-state index is 0.152. The molecule has 0 amide bonds. The normalized spacial score (nSPS) is 11.9. The first-order chi connectivity index (χ1) is 30.9. The van der Waals surface area contributed by atoms with Crippen LogP contribution in [-0.2, 0) is 40.3 Å². The maximum Gasteiger partial charge on any atom is 0.352 e. The Bertz CT molecular complexity index is 2800. The fourth-order valence-corrected chi connectivity index (χ4v) is 8.72. The fraction of sp³-hybridized carbons (Fsp3) is 0.609. The summed E-state index contributed by atoms with van der Waals surface area (Å²) in [5, 5.41) is 0.400. The van der Waals surface area contributed by atoms with Gasteiger partial charge >= 0.3 is 22.8 Å². The Morgan fingerprint density at radius 2 is 0.703 bits per heavy atom. The van der Waals surface area contributed by atoms with Crippen molar-refractivity contribution in [3.63, 3.8) is 0 Å². The molecule has 0 spiro atoms. The minimum atomic E-state index is -0.698. The van der Waals surface area contributed by atoms with Gasteiger partial charge in [0.2, 0.25) is 0 Å². The molecule has 346 valence electrons. The molecule has 0 atom stereocenters. The Balaban J connectivity index is 1.04. The van der Waals surface area contributed by atoms with Crippen molar-refractivity contribution in [3.05, 3.63) is 95.5 Å². The number of unbranched alkanes of at least 4 members (excludes halogenated alkanes) is 17. The van der Waals surface area contributed by atoms with Gasteiger partial charge in [0.1, 0.15) is 11.3 Å². The second-order valence-electron chi connectivity index (χ2n) is 17.2. The minimum Gasteiger partial charge on any atom is -0.311 e. The lowest BCUT2D eigenvalue weighted by Crippen LogP contribution is -2.39. The lowest BCUT2D eigenvalue weighted by molar-refractivity contribution is 0.509. The van der Waals surface area contributed by atoms with E-state index in [0.717, 1.165) is 125 Å². The van der Waals surface area contributed by atoms with Crippen LogP contribution in [0.3, 0.4) is 0 Å². The van der Waals surface area contributed by atoms with E-state index < -0.39 is 45.0 Å². The van der Waals surface area contributed by atoms with Gasteiger partial charge in [-0.2, -0.15) is 9.97 Å². The zero-order valence-corrected chi connectivity index (χ0v) is 38.0. The van der Waals surface area contributed by atoms with Gasteiger partial charge < -0.3 is 9.13 Å². The van der Waals surface area contributed by atoms with Crippen molar-refractivity contribution in [1.29, 1.82) is 0 Å². The number of nitrogens with one attached hydrogen (secondary N) is 2. The van der Waals surface area contributed by atoms with E-state index in [9.17, 15) is 38.4 Å². The number of rotatable bonds is 25. The molecular weight excluding hydrogens is 821 g/mol. The van der Waals surface area contributed by atoms with E-state index in [4.69, 9.17) is 0 Å². The SMILES string of the molecule is CCCCCCCCn1c2nc(=O)n(C)c(=O)c-2cc2c(=O)n(CCCCCCCCCCn3c(=O)[nH]c4c(cc5c(=O)n(C)c(=O)nc-5n4CCCCCCCC)c3=O)c(=O)[nH]c21. The molecule has 2 aromatic heterocycles. The summed E-state index contributed by atoms with van der Waals surface area (Å²) in [6.45, 7) is 5.51. The van der Waals surface area contributed by atoms with E-state index in [1.807, 2.05) is 0 Å². The Morgan fingerprint density at radius 1 is 0.406 bits per heavy atom. The molecule has 0 fully saturated rings. The largest absolute Gasteiger partial charge is 0.352 e. The van der Waals surface area contributed by atoms with Crippen LogP contribution in [0.2, 0.25) is 0 Å². The Labute approximate surface area is 369 Å². The standard InChI is InChI=1S/C46H64N10O8/c1-5-7-9-11-17-21-25-53-35-31(39(57)51(3)43(61)47-35)29-33-37(53)49-45(63)55(41(33)59)27-23-19-15-13-14-16-20-24-28-56-42(60)34-30-32-36(48-44(62)52(4)40(32)58)54(38(34)50-46(56)64)26-22-18-12-10-8-6-2/h29-30H,5-28H2,1-4H3,(H,49,63)(H,50,64). The van der Waals surface area contributed by atoms with Crippen molar-refractivity contribution >= 4 is 22.1 Å². The third kappa shape index (κ3) is 10.5. The van der Waals surface area contributed by atoms with Gasteiger partial charge in [0.25, 0.3) is 22.2 Å². The van der Waals surface area contributed by atoms with Gasteiger partial charge in [0.05, 0.1) is 21.9 Å². The van der Waals surface area contributed by atoms with Crippen LogP contribution in [0.5, 0.6) is 0 Å². The van der Waals surface area contributed by atoms with E-state index >= 15 is 0 Å². The van der Waals surface area contributed by atoms with Crippen LogP contribution >= 0.6 is 0 Å². The average molecular weight is 885 g/mol. The molecule has 2 N–H and O–H groups in total. The van der Waals surface area contributed by atoms with Gasteiger partial charge in [-0.1, -0.05) is 117 Å². The predicted octanol–water partition coefficient (Wildman–Crippen LogP) is 4.96. The van der Waals surface area contributed by atoms with Crippen LogP contribution in [0.15, 0.2) is 50.5 Å². The molecule has 4 aliphatic rings. The topological polar surface area (TPSA) is 223 Å². The van der Waals surface area contributed by atoms with E-state index in [-0.39, 0.29) is 57.9 Å². The predicted molar refractivity (Wildman–Crippen MR) is 249 cm³/mol. The van der Waals surface area contributed by atoms with Gasteiger partial charge in [-0.05, 0) is 37.8 Å². The summed E-state index contributed by atoms with van der Waals surface area (Å²) < 4.78 is 7.47. The molecule has 6 rings (SSSR count). The van der Waals surface area contributed by atoms with Crippen molar-refractivity contribution in [2.45, 2.75) is 168 Å². The van der Waals surface area contributed by atoms with Crippen molar-refractivity contribution < 1.29 is 0 Å². The van der Waals surface area contributed by atoms with Crippen molar-refractivity contribution in [2.75, 3.05) is 0 Å². The third-order valence-electron chi connectivity index (χ3n) is 12.5. The zero-order valence-electron chi connectivity index (χ0n) is 38.0. The first kappa shape index (κ1) is 47.5. The number of fused-ring (bicyclic) bond motifs is 4. The van der Waals surface area contributed by atoms with E-state index in [1.54, 1.807) is 9.13 Å². The highest BCUT2D eigenvalue weighted by molar-refractivity contribution is 5.82. The molecule has 18 heteroatoms. The Hall–Kier alpha value is -5.94. The summed E-state index contributed by atoms with van der Waals surface area (Å²) in [4.78, 5) is 120. The highest BCUT2D eigenvalue weighted by Crippen LogP contribution is 2.23. The molecular formula is C46H64N10O8. The van der Waals surface area contributed by atoms with Gasteiger partial charge in [-0.25, -0.2) is 19.2 Å². The van der Waals surface area contributed by atoms with Gasteiger partial charge in [-0.15, -0.1) is 0 Å². The molecule has 4 aliphatic heterocycles. The highest BCUT2D eigenvalue weighted by Gasteiger charge is 2.23. The first-order valence-electron chi connectivity index (χ1n) is 23.4. The molecule has 6 heterocycles. The second kappa shape index (κ2) is 22.1. The van der Waals surface area contributed by atoms with E-state index in [2.05, 4.69) is 33.8 Å². The fourth-order valence-electron chi connectivity index (χ4n) is 8.72. The summed E-state index contributed by atoms with van der Waals surface area (Å²) in [5.74, 6) is 0.319. The summed E-state index contributed by atoms with van der Waals surface area (Å²) >= 11 is 0. The van der Waals surface area contributed by atoms with Crippen molar-refractivity contribution in [1.82, 2.24) is 47.3 Å². The number of H-pyrrole nitrogens is 2. The number of aromatic nitrogens is 10. The number of nitrogens with zero attached hydrogens (tertiary/aromatic N) is 8. The summed E-state index contributed by atoms with van der Waals surface area (Å²) in [6.07, 6.45) is 18.6. The van der Waals surface area contributed by atoms with Crippen LogP contribution in [0.4, 0.5) is 0 Å². The van der Waals surface area contributed by atoms with Crippen LogP contribution < -0.4 is 45.0 Å². The first-order valence-corrected chi connectivity index (χ1v) is 23.4. The Morgan fingerprint density at radius 3 is 1.03 bits per heavy atom. The van der Waals surface area contributed by atoms with E-state index in [0.29, 0.717) is 25.9 Å². The van der Waals surface area contributed by atoms with Gasteiger partial charge in [0.15, 0.2) is 11.6 Å². The van der Waals surface area contributed by atoms with Crippen molar-refractivity contribution in [3.8, 4) is 22.8 Å². The summed E-state index contributed by atoms with van der Waals surface area (Å²) in [6, 6.07) is 2.89. The summed E-state index contributed by atoms with van der Waals surface area (Å²) in [7, 11) is 2.71. The zero-order chi connectivity index (χ0) is 45.9. The maximum atomic E-state index is 13.8. The lowest BCUT2D eigenvalue weighted by atomic mass is 10.1. The van der Waals surface area contributed by atoms with Gasteiger partial charge in [-0.3, -0.25) is 47.4 Å². The summed E-state index contributed by atoms with van der Waals surface area (Å²) in [5.41, 5.74) is -3.75. The number of hydrogen-bond acceptors (Lipinski definition) is 10. The molecule has 0 saturated carbocycles. The smallest absolute Gasteiger partial charge is 0.311 e.